The van der Waals surface area contributed by atoms with Crippen LogP contribution in [0.4, 0.5) is 0 Å². The zero-order chi connectivity index (χ0) is 18.6. The van der Waals surface area contributed by atoms with Gasteiger partial charge in [0.15, 0.2) is 11.5 Å². The molecule has 1 heterocycles. The van der Waals surface area contributed by atoms with E-state index < -0.39 is 16.1 Å². The maximum absolute atomic E-state index is 12.5. The molecule has 0 radical (unpaired) electrons. The van der Waals surface area contributed by atoms with Crippen molar-refractivity contribution < 1.29 is 27.7 Å². The monoisotopic (exact) mass is 379 g/mol. The highest BCUT2D eigenvalue weighted by molar-refractivity contribution is 7.89. The molecule has 8 heteroatoms. The van der Waals surface area contributed by atoms with Crippen LogP contribution in [-0.2, 0) is 10.0 Å². The molecular formula is C18H21NO6S. The van der Waals surface area contributed by atoms with Crippen molar-refractivity contribution in [2.45, 2.75) is 24.3 Å². The van der Waals surface area contributed by atoms with Crippen molar-refractivity contribution in [3.8, 4) is 17.2 Å². The molecule has 0 aromatic heterocycles. The van der Waals surface area contributed by atoms with Gasteiger partial charge in [-0.25, -0.2) is 13.1 Å². The molecule has 140 valence electrons. The first-order valence-electron chi connectivity index (χ1n) is 8.30. The molecule has 1 atom stereocenters. The first-order chi connectivity index (χ1) is 12.5. The number of aliphatic hydroxyl groups excluding tert-OH is 1. The van der Waals surface area contributed by atoms with Crippen LogP contribution >= 0.6 is 0 Å². The van der Waals surface area contributed by atoms with E-state index in [1.807, 2.05) is 0 Å². The van der Waals surface area contributed by atoms with Crippen molar-refractivity contribution in [3.63, 3.8) is 0 Å². The fraction of sp³-hybridized carbons (Fsp3) is 0.333. The van der Waals surface area contributed by atoms with E-state index in [9.17, 15) is 13.5 Å². The molecule has 7 nitrogen and oxygen atoms in total. The minimum Gasteiger partial charge on any atom is -0.492 e. The zero-order valence-corrected chi connectivity index (χ0v) is 15.2. The summed E-state index contributed by atoms with van der Waals surface area (Å²) in [5.41, 5.74) is 0.642. The van der Waals surface area contributed by atoms with Crippen molar-refractivity contribution in [2.75, 3.05) is 19.9 Å². The number of benzene rings is 2. The van der Waals surface area contributed by atoms with Gasteiger partial charge in [-0.3, -0.25) is 0 Å². The van der Waals surface area contributed by atoms with Crippen molar-refractivity contribution in [1.29, 1.82) is 0 Å². The van der Waals surface area contributed by atoms with Gasteiger partial charge in [0.2, 0.25) is 16.8 Å². The smallest absolute Gasteiger partial charge is 0.244 e. The van der Waals surface area contributed by atoms with Crippen LogP contribution in [0.3, 0.4) is 0 Å². The van der Waals surface area contributed by atoms with Gasteiger partial charge in [0.05, 0.1) is 12.7 Å². The van der Waals surface area contributed by atoms with Crippen LogP contribution in [0.25, 0.3) is 0 Å². The predicted molar refractivity (Wildman–Crippen MR) is 94.9 cm³/mol. The number of ether oxygens (including phenoxy) is 3. The quantitative estimate of drug-likeness (QED) is 0.730. The highest BCUT2D eigenvalue weighted by Crippen LogP contribution is 2.34. The topological polar surface area (TPSA) is 94.1 Å². The van der Waals surface area contributed by atoms with Crippen LogP contribution < -0.4 is 18.9 Å². The zero-order valence-electron chi connectivity index (χ0n) is 14.3. The summed E-state index contributed by atoms with van der Waals surface area (Å²) in [5.74, 6) is 1.51. The third-order valence-corrected chi connectivity index (χ3v) is 5.43. The number of fused-ring (bicyclic) bond motifs is 1. The lowest BCUT2D eigenvalue weighted by Gasteiger charge is -2.14. The van der Waals surface area contributed by atoms with E-state index in [4.69, 9.17) is 14.2 Å². The molecule has 2 aromatic rings. The number of rotatable bonds is 8. The van der Waals surface area contributed by atoms with Crippen LogP contribution in [0.1, 0.15) is 25.0 Å². The Bertz CT molecular complexity index is 868. The van der Waals surface area contributed by atoms with Crippen LogP contribution in [-0.4, -0.2) is 33.5 Å². The molecule has 0 amide bonds. The van der Waals surface area contributed by atoms with E-state index in [2.05, 4.69) is 4.72 Å². The maximum atomic E-state index is 12.5. The largest absolute Gasteiger partial charge is 0.492 e. The normalized spacial score (nSPS) is 14.2. The van der Waals surface area contributed by atoms with E-state index in [1.165, 1.54) is 6.07 Å². The molecule has 2 N–H and O–H groups in total. The molecule has 2 aromatic carbocycles. The van der Waals surface area contributed by atoms with Crippen molar-refractivity contribution in [3.05, 3.63) is 48.0 Å². The molecular weight excluding hydrogens is 358 g/mol. The second-order valence-electron chi connectivity index (χ2n) is 5.69. The summed E-state index contributed by atoms with van der Waals surface area (Å²) in [6.07, 6.45) is -0.607. The lowest BCUT2D eigenvalue weighted by atomic mass is 10.1. The van der Waals surface area contributed by atoms with Crippen molar-refractivity contribution in [2.24, 2.45) is 0 Å². The molecule has 0 bridgehead atoms. The fourth-order valence-corrected chi connectivity index (χ4v) is 3.83. The maximum Gasteiger partial charge on any atom is 0.244 e. The van der Waals surface area contributed by atoms with Crippen molar-refractivity contribution >= 4 is 10.0 Å². The van der Waals surface area contributed by atoms with Gasteiger partial charge < -0.3 is 19.3 Å². The number of nitrogens with one attached hydrogen (secondary N) is 1. The average Bonchev–Trinajstić information content (AvgIpc) is 3.10. The third-order valence-electron chi connectivity index (χ3n) is 3.93. The molecule has 0 aliphatic carbocycles. The minimum atomic E-state index is -3.73. The fourth-order valence-electron chi connectivity index (χ4n) is 2.64. The lowest BCUT2D eigenvalue weighted by molar-refractivity contribution is 0.166. The standard InChI is InChI=1S/C18H21NO6S/c1-2-23-16-5-3-4-6-18(16)26(21,22)19-10-9-14(20)13-7-8-15-17(11-13)25-12-24-15/h3-8,11,14,19-20H,2,9-10,12H2,1H3. The summed E-state index contributed by atoms with van der Waals surface area (Å²) < 4.78 is 43.4. The van der Waals surface area contributed by atoms with Gasteiger partial charge in [-0.15, -0.1) is 0 Å². The van der Waals surface area contributed by atoms with Crippen molar-refractivity contribution in [1.82, 2.24) is 4.72 Å². The summed E-state index contributed by atoms with van der Waals surface area (Å²) in [6, 6.07) is 11.6. The van der Waals surface area contributed by atoms with Crippen LogP contribution in [0, 0.1) is 0 Å². The molecule has 1 aliphatic heterocycles. The van der Waals surface area contributed by atoms with Gasteiger partial charge in [0.1, 0.15) is 10.6 Å². The number of hydrogen-bond donors (Lipinski definition) is 2. The Kier molecular flexibility index (Phi) is 5.65. The Balaban J connectivity index is 1.62. The lowest BCUT2D eigenvalue weighted by Crippen LogP contribution is -2.26. The molecule has 0 saturated heterocycles. The Labute approximate surface area is 152 Å². The number of aliphatic hydroxyl groups is 1. The first kappa shape index (κ1) is 18.5. The minimum absolute atomic E-state index is 0.0817. The van der Waals surface area contributed by atoms with Crippen LogP contribution in [0.2, 0.25) is 0 Å². The SMILES string of the molecule is CCOc1ccccc1S(=O)(=O)NCCC(O)c1ccc2c(c1)OCO2. The van der Waals surface area contributed by atoms with Gasteiger partial charge in [0, 0.05) is 6.54 Å². The molecule has 3 rings (SSSR count). The summed E-state index contributed by atoms with van der Waals surface area (Å²) in [5, 5.41) is 10.3. The summed E-state index contributed by atoms with van der Waals surface area (Å²) >= 11 is 0. The molecule has 0 saturated carbocycles. The molecule has 1 aliphatic rings. The highest BCUT2D eigenvalue weighted by atomic mass is 32.2. The van der Waals surface area contributed by atoms with Gasteiger partial charge in [-0.2, -0.15) is 0 Å². The Hall–Kier alpha value is -2.29. The average molecular weight is 379 g/mol. The summed E-state index contributed by atoms with van der Waals surface area (Å²) in [4.78, 5) is 0.0828. The molecule has 0 spiro atoms. The van der Waals surface area contributed by atoms with E-state index in [0.717, 1.165) is 0 Å². The van der Waals surface area contributed by atoms with E-state index in [-0.39, 0.29) is 24.7 Å². The van der Waals surface area contributed by atoms with Crippen LogP contribution in [0.15, 0.2) is 47.4 Å². The second kappa shape index (κ2) is 7.94. The highest BCUT2D eigenvalue weighted by Gasteiger charge is 2.20. The second-order valence-corrected chi connectivity index (χ2v) is 7.43. The summed E-state index contributed by atoms with van der Waals surface area (Å²) in [7, 11) is -3.73. The van der Waals surface area contributed by atoms with E-state index in [0.29, 0.717) is 29.4 Å². The Morgan fingerprint density at radius 1 is 1.19 bits per heavy atom. The van der Waals surface area contributed by atoms with Gasteiger partial charge in [0.25, 0.3) is 0 Å². The molecule has 0 fully saturated rings. The van der Waals surface area contributed by atoms with Gasteiger partial charge in [-0.1, -0.05) is 18.2 Å². The van der Waals surface area contributed by atoms with E-state index in [1.54, 1.807) is 43.3 Å². The molecule has 1 unspecified atom stereocenters. The predicted octanol–water partition coefficient (Wildman–Crippen LogP) is 2.22. The Morgan fingerprint density at radius 3 is 2.77 bits per heavy atom. The number of para-hydroxylation sites is 1. The number of sulfonamides is 1. The Morgan fingerprint density at radius 2 is 1.96 bits per heavy atom. The first-order valence-corrected chi connectivity index (χ1v) is 9.78. The number of hydrogen-bond acceptors (Lipinski definition) is 6. The third kappa shape index (κ3) is 4.09. The summed E-state index contributed by atoms with van der Waals surface area (Å²) in [6.45, 7) is 2.40. The molecule has 26 heavy (non-hydrogen) atoms. The van der Waals surface area contributed by atoms with Crippen LogP contribution in [0.5, 0.6) is 17.2 Å². The van der Waals surface area contributed by atoms with E-state index >= 15 is 0 Å². The van der Waals surface area contributed by atoms with Gasteiger partial charge in [-0.05, 0) is 43.2 Å². The van der Waals surface area contributed by atoms with Gasteiger partial charge >= 0.3 is 0 Å².